The Morgan fingerprint density at radius 3 is 2.75 bits per heavy atom. The molecule has 0 aromatic carbocycles. The zero-order chi connectivity index (χ0) is 12.0. The summed E-state index contributed by atoms with van der Waals surface area (Å²) in [7, 11) is 0. The summed E-state index contributed by atoms with van der Waals surface area (Å²) in [6, 6.07) is 0.458. The van der Waals surface area contributed by atoms with Crippen LogP contribution in [0.3, 0.4) is 0 Å². The van der Waals surface area contributed by atoms with Gasteiger partial charge in [-0.25, -0.2) is 4.98 Å². The Morgan fingerprint density at radius 1 is 1.50 bits per heavy atom. The highest BCUT2D eigenvalue weighted by Crippen LogP contribution is 2.13. The van der Waals surface area contributed by atoms with Crippen molar-refractivity contribution in [3.05, 3.63) is 16.1 Å². The largest absolute Gasteiger partial charge is 0.395 e. The summed E-state index contributed by atoms with van der Waals surface area (Å²) in [6.45, 7) is 6.16. The molecule has 1 heterocycles. The molecule has 0 fully saturated rings. The molecule has 1 N–H and O–H groups in total. The number of hydrogen-bond donors (Lipinski definition) is 1. The number of aromatic nitrogens is 1. The molecule has 1 rings (SSSR count). The van der Waals surface area contributed by atoms with Crippen LogP contribution in [0.5, 0.6) is 0 Å². The van der Waals surface area contributed by atoms with Crippen molar-refractivity contribution in [1.82, 2.24) is 9.88 Å². The van der Waals surface area contributed by atoms with E-state index in [1.54, 1.807) is 11.3 Å². The van der Waals surface area contributed by atoms with Gasteiger partial charge in [0.15, 0.2) is 0 Å². The minimum Gasteiger partial charge on any atom is -0.395 e. The number of thiazole rings is 1. The lowest BCUT2D eigenvalue weighted by atomic mass is 10.3. The molecular formula is C11H19ClN2OS. The monoisotopic (exact) mass is 262 g/mol. The SMILES string of the molecule is CC(C)N(CCO)CCc1nc(CCl)cs1. The normalized spacial score (nSPS) is 11.6. The van der Waals surface area contributed by atoms with Gasteiger partial charge in [-0.15, -0.1) is 22.9 Å². The van der Waals surface area contributed by atoms with Gasteiger partial charge in [0.2, 0.25) is 0 Å². The predicted octanol–water partition coefficient (Wildman–Crippen LogP) is 2.13. The van der Waals surface area contributed by atoms with Crippen LogP contribution in [0.15, 0.2) is 5.38 Å². The van der Waals surface area contributed by atoms with E-state index in [0.29, 0.717) is 11.9 Å². The summed E-state index contributed by atoms with van der Waals surface area (Å²) in [4.78, 5) is 6.67. The second-order valence-electron chi connectivity index (χ2n) is 3.97. The van der Waals surface area contributed by atoms with Crippen molar-refractivity contribution in [3.8, 4) is 0 Å². The van der Waals surface area contributed by atoms with Gasteiger partial charge in [-0.2, -0.15) is 0 Å². The first kappa shape index (κ1) is 13.9. The van der Waals surface area contributed by atoms with E-state index in [1.165, 1.54) is 0 Å². The predicted molar refractivity (Wildman–Crippen MR) is 69.2 cm³/mol. The van der Waals surface area contributed by atoms with E-state index >= 15 is 0 Å². The first-order valence-electron chi connectivity index (χ1n) is 5.51. The molecule has 0 saturated carbocycles. The second-order valence-corrected chi connectivity index (χ2v) is 5.18. The number of aliphatic hydroxyl groups is 1. The van der Waals surface area contributed by atoms with Crippen LogP contribution in [0.4, 0.5) is 0 Å². The van der Waals surface area contributed by atoms with E-state index in [2.05, 4.69) is 23.7 Å². The Balaban J connectivity index is 2.42. The standard InChI is InChI=1S/C11H19ClN2OS/c1-9(2)14(5-6-15)4-3-11-13-10(7-12)8-16-11/h8-9,15H,3-7H2,1-2H3. The van der Waals surface area contributed by atoms with Crippen molar-refractivity contribution in [1.29, 1.82) is 0 Å². The number of rotatable bonds is 7. The molecule has 1 aromatic heterocycles. The van der Waals surface area contributed by atoms with Crippen molar-refractivity contribution in [2.45, 2.75) is 32.2 Å². The third-order valence-corrected chi connectivity index (χ3v) is 3.70. The van der Waals surface area contributed by atoms with Gasteiger partial charge in [-0.05, 0) is 13.8 Å². The van der Waals surface area contributed by atoms with Gasteiger partial charge in [-0.1, -0.05) is 0 Å². The molecule has 92 valence electrons. The Hall–Kier alpha value is -0.160. The number of hydrogen-bond acceptors (Lipinski definition) is 4. The molecular weight excluding hydrogens is 244 g/mol. The molecule has 5 heteroatoms. The van der Waals surface area contributed by atoms with Crippen LogP contribution in [0.25, 0.3) is 0 Å². The van der Waals surface area contributed by atoms with Crippen molar-refractivity contribution >= 4 is 22.9 Å². The maximum absolute atomic E-state index is 8.95. The molecule has 3 nitrogen and oxygen atoms in total. The fourth-order valence-corrected chi connectivity index (χ4v) is 2.54. The molecule has 1 aromatic rings. The highest BCUT2D eigenvalue weighted by Gasteiger charge is 2.09. The Kier molecular flexibility index (Phi) is 6.28. The Morgan fingerprint density at radius 2 is 2.25 bits per heavy atom. The second kappa shape index (κ2) is 7.22. The van der Waals surface area contributed by atoms with Crippen molar-refractivity contribution in [3.63, 3.8) is 0 Å². The van der Waals surface area contributed by atoms with E-state index in [-0.39, 0.29) is 6.61 Å². The maximum Gasteiger partial charge on any atom is 0.0941 e. The number of alkyl halides is 1. The third-order valence-electron chi connectivity index (χ3n) is 2.47. The molecule has 0 spiro atoms. The van der Waals surface area contributed by atoms with Gasteiger partial charge >= 0.3 is 0 Å². The Bertz CT molecular complexity index is 304. The summed E-state index contributed by atoms with van der Waals surface area (Å²) >= 11 is 7.37. The van der Waals surface area contributed by atoms with Crippen LogP contribution in [0.1, 0.15) is 24.5 Å². The van der Waals surface area contributed by atoms with E-state index < -0.39 is 0 Å². The molecule has 0 radical (unpaired) electrons. The van der Waals surface area contributed by atoms with Gasteiger partial charge < -0.3 is 5.11 Å². The number of nitrogens with zero attached hydrogens (tertiary/aromatic N) is 2. The van der Waals surface area contributed by atoms with E-state index in [1.807, 2.05) is 5.38 Å². The lowest BCUT2D eigenvalue weighted by Gasteiger charge is -2.24. The summed E-state index contributed by atoms with van der Waals surface area (Å²) in [6.07, 6.45) is 0.930. The third kappa shape index (κ3) is 4.37. The maximum atomic E-state index is 8.95. The fourth-order valence-electron chi connectivity index (χ4n) is 1.52. The van der Waals surface area contributed by atoms with Gasteiger partial charge in [-0.3, -0.25) is 4.90 Å². The van der Waals surface area contributed by atoms with Crippen molar-refractivity contribution < 1.29 is 5.11 Å². The van der Waals surface area contributed by atoms with Crippen LogP contribution in [-0.2, 0) is 12.3 Å². The Labute approximate surface area is 106 Å². The van der Waals surface area contributed by atoms with Crippen LogP contribution in [0, 0.1) is 0 Å². The van der Waals surface area contributed by atoms with Crippen LogP contribution < -0.4 is 0 Å². The molecule has 0 saturated heterocycles. The summed E-state index contributed by atoms with van der Waals surface area (Å²) in [5, 5.41) is 12.1. The minimum atomic E-state index is 0.211. The number of halogens is 1. The number of aliphatic hydroxyl groups excluding tert-OH is 1. The molecule has 0 aliphatic rings. The molecule has 0 unspecified atom stereocenters. The van der Waals surface area contributed by atoms with Crippen molar-refractivity contribution in [2.75, 3.05) is 19.7 Å². The summed E-state index contributed by atoms with van der Waals surface area (Å²) < 4.78 is 0. The topological polar surface area (TPSA) is 36.4 Å². The van der Waals surface area contributed by atoms with Gasteiger partial charge in [0.05, 0.1) is 23.2 Å². The zero-order valence-corrected chi connectivity index (χ0v) is 11.4. The van der Waals surface area contributed by atoms with Crippen LogP contribution in [0.2, 0.25) is 0 Å². The molecule has 0 amide bonds. The first-order chi connectivity index (χ1) is 7.67. The van der Waals surface area contributed by atoms with Crippen LogP contribution in [-0.4, -0.2) is 40.7 Å². The van der Waals surface area contributed by atoms with E-state index in [4.69, 9.17) is 16.7 Å². The summed E-state index contributed by atoms with van der Waals surface area (Å²) in [5.74, 6) is 0.487. The molecule has 0 atom stereocenters. The summed E-state index contributed by atoms with van der Waals surface area (Å²) in [5.41, 5.74) is 0.958. The van der Waals surface area contributed by atoms with E-state index in [9.17, 15) is 0 Å². The molecule has 0 aliphatic heterocycles. The molecule has 0 aliphatic carbocycles. The lowest BCUT2D eigenvalue weighted by molar-refractivity contribution is 0.167. The average molecular weight is 263 g/mol. The molecule has 16 heavy (non-hydrogen) atoms. The van der Waals surface area contributed by atoms with Crippen LogP contribution >= 0.6 is 22.9 Å². The van der Waals surface area contributed by atoms with Gasteiger partial charge in [0.1, 0.15) is 0 Å². The lowest BCUT2D eigenvalue weighted by Crippen LogP contribution is -2.35. The molecule has 0 bridgehead atoms. The zero-order valence-electron chi connectivity index (χ0n) is 9.82. The fraction of sp³-hybridized carbons (Fsp3) is 0.727. The smallest absolute Gasteiger partial charge is 0.0941 e. The van der Waals surface area contributed by atoms with Crippen molar-refractivity contribution in [2.24, 2.45) is 0 Å². The first-order valence-corrected chi connectivity index (χ1v) is 6.93. The quantitative estimate of drug-likeness (QED) is 0.765. The minimum absolute atomic E-state index is 0.211. The highest BCUT2D eigenvalue weighted by atomic mass is 35.5. The van der Waals surface area contributed by atoms with Gasteiger partial charge in [0, 0.05) is 30.9 Å². The van der Waals surface area contributed by atoms with Gasteiger partial charge in [0.25, 0.3) is 0 Å². The van der Waals surface area contributed by atoms with E-state index in [0.717, 1.165) is 30.2 Å². The average Bonchev–Trinajstić information content (AvgIpc) is 2.71. The highest BCUT2D eigenvalue weighted by molar-refractivity contribution is 7.09.